The molecule has 0 aromatic rings. The maximum absolute atomic E-state index is 12.8. The molecule has 0 radical (unpaired) electrons. The average Bonchev–Trinajstić information content (AvgIpc) is 2.44. The van der Waals surface area contributed by atoms with Gasteiger partial charge in [-0.3, -0.25) is 9.59 Å². The van der Waals surface area contributed by atoms with E-state index >= 15 is 0 Å². The van der Waals surface area contributed by atoms with Crippen molar-refractivity contribution >= 4 is 11.9 Å². The predicted molar refractivity (Wildman–Crippen MR) is 73.7 cm³/mol. The number of carbonyl (C=O) groups excluding carboxylic acids is 2. The Balaban J connectivity index is 2.87. The zero-order valence-electron chi connectivity index (χ0n) is 12.5. The van der Waals surface area contributed by atoms with Crippen LogP contribution in [0.4, 0.5) is 0 Å². The Kier molecular flexibility index (Phi) is 5.79. The van der Waals surface area contributed by atoms with Gasteiger partial charge in [0.05, 0.1) is 12.5 Å². The molecule has 0 saturated carbocycles. The molecule has 110 valence electrons. The minimum Gasteiger partial charge on any atom is -0.468 e. The number of ether oxygens (including phenoxy) is 1. The minimum absolute atomic E-state index is 0.00455. The van der Waals surface area contributed by atoms with Gasteiger partial charge in [0.25, 0.3) is 0 Å². The minimum atomic E-state index is -0.359. The predicted octanol–water partition coefficient (Wildman–Crippen LogP) is 1.18. The molecule has 19 heavy (non-hydrogen) atoms. The maximum Gasteiger partial charge on any atom is 0.325 e. The van der Waals surface area contributed by atoms with Crippen LogP contribution in [0.5, 0.6) is 0 Å². The monoisotopic (exact) mass is 270 g/mol. The van der Waals surface area contributed by atoms with Crippen LogP contribution in [0.15, 0.2) is 0 Å². The van der Waals surface area contributed by atoms with E-state index in [0.717, 1.165) is 32.4 Å². The first-order valence-corrected chi connectivity index (χ1v) is 7.05. The fraction of sp³-hybridized carbons (Fsp3) is 0.857. The Hall–Kier alpha value is -1.10. The lowest BCUT2D eigenvalue weighted by Gasteiger charge is -2.40. The summed E-state index contributed by atoms with van der Waals surface area (Å²) in [5.41, 5.74) is -0.316. The third-order valence-electron chi connectivity index (χ3n) is 4.10. The first kappa shape index (κ1) is 16.0. The molecule has 0 aromatic heterocycles. The number of methoxy groups -OCH3 is 1. The molecule has 1 rings (SSSR count). The lowest BCUT2D eigenvalue weighted by molar-refractivity contribution is -0.154. The molecular formula is C14H26N2O3. The molecule has 1 saturated heterocycles. The molecular weight excluding hydrogens is 244 g/mol. The quantitative estimate of drug-likeness (QED) is 0.762. The summed E-state index contributed by atoms with van der Waals surface area (Å²) in [6, 6.07) is 0.00455. The highest BCUT2D eigenvalue weighted by atomic mass is 16.5. The smallest absolute Gasteiger partial charge is 0.325 e. The van der Waals surface area contributed by atoms with Crippen molar-refractivity contribution in [1.29, 1.82) is 0 Å². The van der Waals surface area contributed by atoms with E-state index < -0.39 is 0 Å². The second-order valence-electron chi connectivity index (χ2n) is 5.49. The Morgan fingerprint density at radius 3 is 2.32 bits per heavy atom. The molecule has 1 N–H and O–H groups in total. The topological polar surface area (TPSA) is 58.6 Å². The second-order valence-corrected chi connectivity index (χ2v) is 5.49. The van der Waals surface area contributed by atoms with Crippen LogP contribution in [0.2, 0.25) is 0 Å². The SMILES string of the molecule is CCC1(C(=O)N(CC(=O)OC)C(C)C)CCNCC1. The summed E-state index contributed by atoms with van der Waals surface area (Å²) in [4.78, 5) is 26.0. The van der Waals surface area contributed by atoms with E-state index in [-0.39, 0.29) is 29.9 Å². The molecule has 0 aromatic carbocycles. The Morgan fingerprint density at radius 2 is 1.89 bits per heavy atom. The van der Waals surface area contributed by atoms with Gasteiger partial charge < -0.3 is 15.0 Å². The van der Waals surface area contributed by atoms with Crippen LogP contribution in [0.1, 0.15) is 40.0 Å². The van der Waals surface area contributed by atoms with Crippen LogP contribution in [0.25, 0.3) is 0 Å². The van der Waals surface area contributed by atoms with Crippen LogP contribution in [-0.4, -0.2) is 49.6 Å². The summed E-state index contributed by atoms with van der Waals surface area (Å²) >= 11 is 0. The third kappa shape index (κ3) is 3.69. The van der Waals surface area contributed by atoms with Crippen LogP contribution in [0, 0.1) is 5.41 Å². The lowest BCUT2D eigenvalue weighted by Crippen LogP contribution is -2.52. The maximum atomic E-state index is 12.8. The summed E-state index contributed by atoms with van der Waals surface area (Å²) in [5, 5.41) is 3.29. The molecule has 1 amide bonds. The van der Waals surface area contributed by atoms with Crippen molar-refractivity contribution < 1.29 is 14.3 Å². The van der Waals surface area contributed by atoms with Gasteiger partial charge in [0.2, 0.25) is 5.91 Å². The Morgan fingerprint density at radius 1 is 1.32 bits per heavy atom. The molecule has 1 fully saturated rings. The van der Waals surface area contributed by atoms with Gasteiger partial charge in [0.15, 0.2) is 0 Å². The Bertz CT molecular complexity index is 323. The molecule has 0 bridgehead atoms. The summed E-state index contributed by atoms with van der Waals surface area (Å²) in [7, 11) is 1.35. The van der Waals surface area contributed by atoms with Crippen LogP contribution >= 0.6 is 0 Å². The molecule has 0 spiro atoms. The summed E-state index contributed by atoms with van der Waals surface area (Å²) < 4.78 is 4.69. The molecule has 1 aliphatic heterocycles. The van der Waals surface area contributed by atoms with Gasteiger partial charge in [-0.15, -0.1) is 0 Å². The van der Waals surface area contributed by atoms with E-state index in [0.29, 0.717) is 0 Å². The normalized spacial score (nSPS) is 18.2. The third-order valence-corrected chi connectivity index (χ3v) is 4.10. The number of hydrogen-bond donors (Lipinski definition) is 1. The fourth-order valence-electron chi connectivity index (χ4n) is 2.62. The number of rotatable bonds is 5. The first-order valence-electron chi connectivity index (χ1n) is 7.05. The molecule has 5 heteroatoms. The average molecular weight is 270 g/mol. The van der Waals surface area contributed by atoms with Gasteiger partial charge in [0.1, 0.15) is 6.54 Å². The number of esters is 1. The molecule has 0 unspecified atom stereocenters. The largest absolute Gasteiger partial charge is 0.468 e. The van der Waals surface area contributed by atoms with Gasteiger partial charge in [0, 0.05) is 6.04 Å². The highest BCUT2D eigenvalue weighted by Gasteiger charge is 2.41. The molecule has 1 heterocycles. The van der Waals surface area contributed by atoms with Gasteiger partial charge in [-0.25, -0.2) is 0 Å². The van der Waals surface area contributed by atoms with E-state index in [1.54, 1.807) is 4.90 Å². The van der Waals surface area contributed by atoms with Crippen molar-refractivity contribution in [1.82, 2.24) is 10.2 Å². The van der Waals surface area contributed by atoms with Gasteiger partial charge in [-0.2, -0.15) is 0 Å². The fourth-order valence-corrected chi connectivity index (χ4v) is 2.62. The van der Waals surface area contributed by atoms with E-state index in [4.69, 9.17) is 0 Å². The first-order chi connectivity index (χ1) is 8.96. The molecule has 1 aliphatic rings. The number of nitrogens with zero attached hydrogens (tertiary/aromatic N) is 1. The molecule has 5 nitrogen and oxygen atoms in total. The number of hydrogen-bond acceptors (Lipinski definition) is 4. The summed E-state index contributed by atoms with van der Waals surface area (Å²) in [5.74, 6) is -0.265. The molecule has 0 aliphatic carbocycles. The summed E-state index contributed by atoms with van der Waals surface area (Å²) in [6.07, 6.45) is 2.50. The van der Waals surface area contributed by atoms with Crippen molar-refractivity contribution in [3.05, 3.63) is 0 Å². The number of amides is 1. The standard InChI is InChI=1S/C14H26N2O3/c1-5-14(6-8-15-9-7-14)13(18)16(11(2)3)10-12(17)19-4/h11,15H,5-10H2,1-4H3. The Labute approximate surface area is 115 Å². The zero-order chi connectivity index (χ0) is 14.5. The van der Waals surface area contributed by atoms with Gasteiger partial charge in [-0.05, 0) is 46.2 Å². The van der Waals surface area contributed by atoms with E-state index in [2.05, 4.69) is 17.0 Å². The lowest BCUT2D eigenvalue weighted by atomic mass is 9.75. The van der Waals surface area contributed by atoms with Crippen molar-refractivity contribution in [3.8, 4) is 0 Å². The van der Waals surface area contributed by atoms with E-state index in [1.165, 1.54) is 7.11 Å². The van der Waals surface area contributed by atoms with Gasteiger partial charge >= 0.3 is 5.97 Å². The number of carbonyl (C=O) groups is 2. The van der Waals surface area contributed by atoms with Crippen LogP contribution in [0.3, 0.4) is 0 Å². The zero-order valence-corrected chi connectivity index (χ0v) is 12.5. The highest BCUT2D eigenvalue weighted by molar-refractivity contribution is 5.86. The van der Waals surface area contributed by atoms with Crippen LogP contribution < -0.4 is 5.32 Å². The van der Waals surface area contributed by atoms with Gasteiger partial charge in [-0.1, -0.05) is 6.92 Å². The molecule has 0 atom stereocenters. The van der Waals surface area contributed by atoms with Crippen LogP contribution in [-0.2, 0) is 14.3 Å². The van der Waals surface area contributed by atoms with Crippen molar-refractivity contribution in [2.24, 2.45) is 5.41 Å². The van der Waals surface area contributed by atoms with E-state index in [9.17, 15) is 9.59 Å². The highest BCUT2D eigenvalue weighted by Crippen LogP contribution is 2.35. The summed E-state index contributed by atoms with van der Waals surface area (Å²) in [6.45, 7) is 7.70. The van der Waals surface area contributed by atoms with Crippen molar-refractivity contribution in [3.63, 3.8) is 0 Å². The van der Waals surface area contributed by atoms with Crippen molar-refractivity contribution in [2.45, 2.75) is 46.1 Å². The number of nitrogens with one attached hydrogen (secondary N) is 1. The van der Waals surface area contributed by atoms with Crippen molar-refractivity contribution in [2.75, 3.05) is 26.7 Å². The van der Waals surface area contributed by atoms with E-state index in [1.807, 2.05) is 13.8 Å². The second kappa shape index (κ2) is 6.89. The number of piperidine rings is 1.